The highest BCUT2D eigenvalue weighted by molar-refractivity contribution is 5.69. The Morgan fingerprint density at radius 2 is 1.83 bits per heavy atom. The largest absolute Gasteiger partial charge is 0.444 e. The van der Waals surface area contributed by atoms with Crippen LogP contribution in [0.25, 0.3) is 0 Å². The van der Waals surface area contributed by atoms with Crippen molar-refractivity contribution in [3.63, 3.8) is 0 Å². The van der Waals surface area contributed by atoms with Gasteiger partial charge in [-0.05, 0) is 51.3 Å². The molecule has 1 aromatic rings. The zero-order valence-corrected chi connectivity index (χ0v) is 16.6. The lowest BCUT2D eigenvalue weighted by Gasteiger charge is -2.51. The van der Waals surface area contributed by atoms with Gasteiger partial charge in [0.1, 0.15) is 11.4 Å². The van der Waals surface area contributed by atoms with Gasteiger partial charge in [-0.3, -0.25) is 4.90 Å². The third-order valence-electron chi connectivity index (χ3n) is 5.11. The summed E-state index contributed by atoms with van der Waals surface area (Å²) >= 11 is 0. The molecule has 0 aliphatic carbocycles. The van der Waals surface area contributed by atoms with Crippen LogP contribution in [0.15, 0.2) is 18.2 Å². The molecule has 0 spiro atoms. The molecule has 0 aromatic heterocycles. The minimum atomic E-state index is -4.81. The van der Waals surface area contributed by atoms with Gasteiger partial charge in [-0.1, -0.05) is 6.07 Å². The van der Waals surface area contributed by atoms with Crippen molar-refractivity contribution in [3.05, 3.63) is 35.1 Å². The first-order chi connectivity index (χ1) is 13.3. The number of piperidine rings is 1. The molecule has 2 bridgehead atoms. The number of rotatable bonds is 2. The first-order valence-electron chi connectivity index (χ1n) is 9.44. The van der Waals surface area contributed by atoms with Gasteiger partial charge >= 0.3 is 12.3 Å². The second-order valence-electron chi connectivity index (χ2n) is 8.85. The second kappa shape index (κ2) is 7.43. The van der Waals surface area contributed by atoms with Gasteiger partial charge in [-0.15, -0.1) is 0 Å². The summed E-state index contributed by atoms with van der Waals surface area (Å²) in [6, 6.07) is 1.84. The Hall–Kier alpha value is -1.87. The lowest BCUT2D eigenvalue weighted by atomic mass is 9.77. The van der Waals surface area contributed by atoms with E-state index in [2.05, 4.69) is 0 Å². The number of morpholine rings is 1. The zero-order chi connectivity index (χ0) is 21.6. The first kappa shape index (κ1) is 21.8. The van der Waals surface area contributed by atoms with Gasteiger partial charge in [0.15, 0.2) is 0 Å². The van der Waals surface area contributed by atoms with Crippen molar-refractivity contribution >= 4 is 6.09 Å². The molecule has 9 heteroatoms. The minimum Gasteiger partial charge on any atom is -0.444 e. The van der Waals surface area contributed by atoms with Gasteiger partial charge < -0.3 is 14.6 Å². The molecule has 2 unspecified atom stereocenters. The van der Waals surface area contributed by atoms with Crippen LogP contribution in [0.4, 0.5) is 22.4 Å². The lowest BCUT2D eigenvalue weighted by molar-refractivity contribution is -0.141. The number of carbonyl (C=O) groups is 1. The molecule has 29 heavy (non-hydrogen) atoms. The van der Waals surface area contributed by atoms with Gasteiger partial charge in [0, 0.05) is 6.42 Å². The summed E-state index contributed by atoms with van der Waals surface area (Å²) in [6.45, 7) is 5.67. The fourth-order valence-corrected chi connectivity index (χ4v) is 4.11. The Morgan fingerprint density at radius 1 is 1.24 bits per heavy atom. The normalized spacial score (nSPS) is 27.7. The molecule has 2 atom stereocenters. The molecule has 2 aliphatic heterocycles. The van der Waals surface area contributed by atoms with Gasteiger partial charge in [0.05, 0.1) is 36.5 Å². The average Bonchev–Trinajstić information content (AvgIpc) is 2.53. The Labute approximate surface area is 166 Å². The van der Waals surface area contributed by atoms with Crippen molar-refractivity contribution in [1.82, 2.24) is 4.90 Å². The predicted octanol–water partition coefficient (Wildman–Crippen LogP) is 3.92. The number of ether oxygens (including phenoxy) is 2. The molecule has 162 valence electrons. The van der Waals surface area contributed by atoms with Gasteiger partial charge in [-0.25, -0.2) is 9.18 Å². The van der Waals surface area contributed by atoms with E-state index >= 15 is 0 Å². The van der Waals surface area contributed by atoms with Crippen LogP contribution in [-0.2, 0) is 22.1 Å². The predicted molar refractivity (Wildman–Crippen MR) is 95.8 cm³/mol. The van der Waals surface area contributed by atoms with Crippen molar-refractivity contribution in [2.45, 2.75) is 69.5 Å². The molecular formula is C20H25F4NO4. The summed E-state index contributed by atoms with van der Waals surface area (Å²) < 4.78 is 63.5. The van der Waals surface area contributed by atoms with Crippen molar-refractivity contribution in [2.75, 3.05) is 13.2 Å². The van der Waals surface area contributed by atoms with E-state index < -0.39 is 46.9 Å². The van der Waals surface area contributed by atoms with Crippen LogP contribution in [0.2, 0.25) is 0 Å². The monoisotopic (exact) mass is 419 g/mol. The first-order valence-corrected chi connectivity index (χ1v) is 9.44. The number of alkyl halides is 3. The van der Waals surface area contributed by atoms with E-state index in [0.29, 0.717) is 0 Å². The van der Waals surface area contributed by atoms with Crippen molar-refractivity contribution < 1.29 is 36.9 Å². The molecule has 2 saturated heterocycles. The Bertz CT molecular complexity index is 761. The Kier molecular flexibility index (Phi) is 5.59. The van der Waals surface area contributed by atoms with E-state index in [1.54, 1.807) is 25.7 Å². The van der Waals surface area contributed by atoms with Crippen LogP contribution in [0.3, 0.4) is 0 Å². The number of amides is 1. The standard InChI is InChI=1S/C20H25F4NO4/c1-18(2,3)29-17(26)25-13-8-19(27,9-14(25)11-28-10-13)7-12-4-5-16(21)15(6-12)20(22,23)24/h4-6,13-14,27H,7-11H2,1-3H3. The zero-order valence-electron chi connectivity index (χ0n) is 16.6. The maximum Gasteiger partial charge on any atom is 0.419 e. The van der Waals surface area contributed by atoms with E-state index in [1.165, 1.54) is 6.07 Å². The third kappa shape index (κ3) is 5.01. The summed E-state index contributed by atoms with van der Waals surface area (Å²) in [5.41, 5.74) is -3.18. The molecule has 5 nitrogen and oxygen atoms in total. The van der Waals surface area contributed by atoms with Crippen LogP contribution in [0.1, 0.15) is 44.7 Å². The molecule has 1 N–H and O–H groups in total. The van der Waals surface area contributed by atoms with Crippen LogP contribution < -0.4 is 0 Å². The van der Waals surface area contributed by atoms with Gasteiger partial charge in [0.2, 0.25) is 0 Å². The molecule has 2 aliphatic rings. The lowest BCUT2D eigenvalue weighted by Crippen LogP contribution is -2.64. The SMILES string of the molecule is CC(C)(C)OC(=O)N1C2COCC1CC(O)(Cc1ccc(F)c(C(F)(F)F)c1)C2. The highest BCUT2D eigenvalue weighted by atomic mass is 19.4. The van der Waals surface area contributed by atoms with E-state index in [4.69, 9.17) is 9.47 Å². The topological polar surface area (TPSA) is 59.0 Å². The summed E-state index contributed by atoms with van der Waals surface area (Å²) in [5, 5.41) is 11.1. The summed E-state index contributed by atoms with van der Waals surface area (Å²) in [6.07, 6.45) is -5.14. The molecule has 2 fully saturated rings. The van der Waals surface area contributed by atoms with E-state index in [0.717, 1.165) is 12.1 Å². The number of aliphatic hydroxyl groups is 1. The number of fused-ring (bicyclic) bond motifs is 2. The van der Waals surface area contributed by atoms with E-state index in [9.17, 15) is 27.5 Å². The fraction of sp³-hybridized carbons (Fsp3) is 0.650. The molecular weight excluding hydrogens is 394 g/mol. The Balaban J connectivity index is 1.79. The van der Waals surface area contributed by atoms with Gasteiger partial charge in [0.25, 0.3) is 0 Å². The van der Waals surface area contributed by atoms with Crippen molar-refractivity contribution in [3.8, 4) is 0 Å². The maximum absolute atomic E-state index is 13.5. The highest BCUT2D eigenvalue weighted by Gasteiger charge is 2.49. The smallest absolute Gasteiger partial charge is 0.419 e. The summed E-state index contributed by atoms with van der Waals surface area (Å²) in [4.78, 5) is 14.2. The molecule has 1 amide bonds. The van der Waals surface area contributed by atoms with E-state index in [1.807, 2.05) is 0 Å². The number of benzene rings is 1. The van der Waals surface area contributed by atoms with Crippen LogP contribution in [-0.4, -0.2) is 52.6 Å². The van der Waals surface area contributed by atoms with Crippen LogP contribution in [0, 0.1) is 5.82 Å². The molecule has 3 rings (SSSR count). The number of nitrogens with zero attached hydrogens (tertiary/aromatic N) is 1. The quantitative estimate of drug-likeness (QED) is 0.739. The minimum absolute atomic E-state index is 0.0779. The van der Waals surface area contributed by atoms with Crippen molar-refractivity contribution in [2.24, 2.45) is 0 Å². The van der Waals surface area contributed by atoms with Gasteiger partial charge in [-0.2, -0.15) is 13.2 Å². The van der Waals surface area contributed by atoms with Crippen LogP contribution >= 0.6 is 0 Å². The summed E-state index contributed by atoms with van der Waals surface area (Å²) in [5.74, 6) is -1.35. The fourth-order valence-electron chi connectivity index (χ4n) is 4.11. The second-order valence-corrected chi connectivity index (χ2v) is 8.85. The number of hydrogen-bond acceptors (Lipinski definition) is 4. The summed E-state index contributed by atoms with van der Waals surface area (Å²) in [7, 11) is 0. The molecule has 2 heterocycles. The molecule has 1 aromatic carbocycles. The number of halogens is 4. The molecule has 0 radical (unpaired) electrons. The number of hydrogen-bond donors (Lipinski definition) is 1. The average molecular weight is 419 g/mol. The van der Waals surface area contributed by atoms with Crippen LogP contribution in [0.5, 0.6) is 0 Å². The number of carbonyl (C=O) groups excluding carboxylic acids is 1. The Morgan fingerprint density at radius 3 is 2.34 bits per heavy atom. The third-order valence-corrected chi connectivity index (χ3v) is 5.11. The maximum atomic E-state index is 13.5. The van der Waals surface area contributed by atoms with E-state index in [-0.39, 0.29) is 38.0 Å². The van der Waals surface area contributed by atoms with Crippen molar-refractivity contribution in [1.29, 1.82) is 0 Å². The highest BCUT2D eigenvalue weighted by Crippen LogP contribution is 2.38. The molecule has 0 saturated carbocycles.